The summed E-state index contributed by atoms with van der Waals surface area (Å²) in [7, 11) is 1.59. The Bertz CT molecular complexity index is 965. The van der Waals surface area contributed by atoms with Crippen LogP contribution in [0.2, 0.25) is 0 Å². The first-order chi connectivity index (χ1) is 13.3. The molecular formula is C22H24N4O2. The van der Waals surface area contributed by atoms with Crippen molar-refractivity contribution in [1.82, 2.24) is 10.2 Å². The van der Waals surface area contributed by atoms with Crippen LogP contribution in [0.1, 0.15) is 47.2 Å². The SMILES string of the molecule is CN1C(=N)N[C@](C)(c2cccc(N)c2)[C@@H](c2ccc(C(=O)C3CC3)cc2)C1=O. The summed E-state index contributed by atoms with van der Waals surface area (Å²) in [5.41, 5.74) is 8.07. The minimum absolute atomic E-state index is 0.0479. The first-order valence-electron chi connectivity index (χ1n) is 9.46. The number of rotatable bonds is 4. The van der Waals surface area contributed by atoms with Crippen molar-refractivity contribution in [1.29, 1.82) is 5.41 Å². The number of hydrogen-bond acceptors (Lipinski definition) is 4. The second-order valence-electron chi connectivity index (χ2n) is 7.89. The van der Waals surface area contributed by atoms with E-state index in [4.69, 9.17) is 11.1 Å². The van der Waals surface area contributed by atoms with Crippen molar-refractivity contribution in [3.05, 3.63) is 65.2 Å². The highest BCUT2D eigenvalue weighted by Gasteiger charge is 2.48. The number of Topliss-reactive ketones (excluding diaryl/α,β-unsaturated/α-hetero) is 1. The van der Waals surface area contributed by atoms with Gasteiger partial charge in [0.25, 0.3) is 0 Å². The fourth-order valence-electron chi connectivity index (χ4n) is 3.95. The van der Waals surface area contributed by atoms with Crippen molar-refractivity contribution in [2.45, 2.75) is 31.2 Å². The van der Waals surface area contributed by atoms with Gasteiger partial charge in [0.05, 0.1) is 11.5 Å². The third-order valence-electron chi connectivity index (χ3n) is 5.83. The molecular weight excluding hydrogens is 352 g/mol. The maximum Gasteiger partial charge on any atom is 0.239 e. The van der Waals surface area contributed by atoms with Crippen molar-refractivity contribution < 1.29 is 9.59 Å². The van der Waals surface area contributed by atoms with Crippen LogP contribution in [0.15, 0.2) is 48.5 Å². The van der Waals surface area contributed by atoms with E-state index in [1.165, 1.54) is 4.90 Å². The lowest BCUT2D eigenvalue weighted by atomic mass is 9.73. The van der Waals surface area contributed by atoms with Gasteiger partial charge in [-0.15, -0.1) is 0 Å². The topological polar surface area (TPSA) is 99.3 Å². The van der Waals surface area contributed by atoms with Gasteiger partial charge in [0, 0.05) is 24.2 Å². The lowest BCUT2D eigenvalue weighted by molar-refractivity contribution is -0.131. The van der Waals surface area contributed by atoms with Crippen molar-refractivity contribution in [2.24, 2.45) is 5.92 Å². The van der Waals surface area contributed by atoms with Crippen molar-refractivity contribution in [3.8, 4) is 0 Å². The molecule has 0 bridgehead atoms. The Labute approximate surface area is 164 Å². The molecule has 1 saturated carbocycles. The van der Waals surface area contributed by atoms with Gasteiger partial charge in [0.1, 0.15) is 0 Å². The predicted molar refractivity (Wildman–Crippen MR) is 108 cm³/mol. The molecule has 0 spiro atoms. The molecule has 1 saturated heterocycles. The molecule has 0 radical (unpaired) electrons. The molecule has 2 aromatic rings. The lowest BCUT2D eigenvalue weighted by Crippen LogP contribution is -2.62. The molecule has 2 fully saturated rings. The average molecular weight is 376 g/mol. The van der Waals surface area contributed by atoms with Crippen LogP contribution in [0.25, 0.3) is 0 Å². The van der Waals surface area contributed by atoms with Gasteiger partial charge in [-0.05, 0) is 43.0 Å². The molecule has 4 N–H and O–H groups in total. The van der Waals surface area contributed by atoms with Crippen LogP contribution in [-0.2, 0) is 10.3 Å². The van der Waals surface area contributed by atoms with Gasteiger partial charge in [-0.25, -0.2) is 0 Å². The van der Waals surface area contributed by atoms with E-state index in [1.54, 1.807) is 13.1 Å². The Morgan fingerprint density at radius 3 is 2.50 bits per heavy atom. The van der Waals surface area contributed by atoms with Crippen molar-refractivity contribution in [3.63, 3.8) is 0 Å². The highest BCUT2D eigenvalue weighted by atomic mass is 16.2. The third kappa shape index (κ3) is 2.95. The van der Waals surface area contributed by atoms with Crippen LogP contribution in [0, 0.1) is 11.3 Å². The molecule has 6 heteroatoms. The zero-order valence-corrected chi connectivity index (χ0v) is 16.0. The normalized spacial score (nSPS) is 24.8. The van der Waals surface area contributed by atoms with Crippen LogP contribution in [0.4, 0.5) is 5.69 Å². The number of anilines is 1. The summed E-state index contributed by atoms with van der Waals surface area (Å²) in [6.07, 6.45) is 1.93. The smallest absolute Gasteiger partial charge is 0.239 e. The Balaban J connectivity index is 1.77. The first kappa shape index (κ1) is 18.2. The molecule has 1 heterocycles. The molecule has 28 heavy (non-hydrogen) atoms. The monoisotopic (exact) mass is 376 g/mol. The number of guanidine groups is 1. The number of nitrogens with one attached hydrogen (secondary N) is 2. The maximum absolute atomic E-state index is 13.2. The quantitative estimate of drug-likeness (QED) is 0.564. The molecule has 144 valence electrons. The fraction of sp³-hybridized carbons (Fsp3) is 0.318. The summed E-state index contributed by atoms with van der Waals surface area (Å²) in [6, 6.07) is 14.7. The van der Waals surface area contributed by atoms with E-state index < -0.39 is 11.5 Å². The van der Waals surface area contributed by atoms with Crippen LogP contribution < -0.4 is 11.1 Å². The van der Waals surface area contributed by atoms with E-state index >= 15 is 0 Å². The molecule has 1 aliphatic carbocycles. The number of nitrogens with two attached hydrogens (primary N) is 1. The number of hydrogen-bond donors (Lipinski definition) is 3. The van der Waals surface area contributed by atoms with E-state index in [0.717, 1.165) is 24.0 Å². The number of likely N-dealkylation sites (N-methyl/N-ethyl adjacent to an activating group) is 1. The van der Waals surface area contributed by atoms with Gasteiger partial charge in [0.15, 0.2) is 11.7 Å². The number of carbonyl (C=O) groups excluding carboxylic acids is 2. The molecule has 6 nitrogen and oxygen atoms in total. The standard InChI is InChI=1S/C22H24N4O2/c1-22(16-4-3-5-17(23)12-16)18(20(28)26(2)21(24)25-22)13-6-8-14(9-7-13)19(27)15-10-11-15/h3-9,12,15,18H,10-11,23H2,1-2H3,(H2,24,25)/t18-,22+/m0/s1. The van der Waals surface area contributed by atoms with Gasteiger partial charge in [-0.2, -0.15) is 0 Å². The fourth-order valence-corrected chi connectivity index (χ4v) is 3.95. The molecule has 1 aliphatic heterocycles. The number of amides is 1. The summed E-state index contributed by atoms with van der Waals surface area (Å²) >= 11 is 0. The lowest BCUT2D eigenvalue weighted by Gasteiger charge is -2.46. The number of nitrogen functional groups attached to an aromatic ring is 1. The number of carbonyl (C=O) groups is 2. The Hall–Kier alpha value is -3.15. The Kier molecular flexibility index (Phi) is 4.22. The second-order valence-corrected chi connectivity index (χ2v) is 7.89. The van der Waals surface area contributed by atoms with E-state index in [-0.39, 0.29) is 23.6 Å². The van der Waals surface area contributed by atoms with Gasteiger partial charge in [-0.1, -0.05) is 36.4 Å². The summed E-state index contributed by atoms with van der Waals surface area (Å²) in [6.45, 7) is 1.91. The van der Waals surface area contributed by atoms with Crippen LogP contribution in [0.5, 0.6) is 0 Å². The molecule has 4 rings (SSSR count). The molecule has 0 aromatic heterocycles. The van der Waals surface area contributed by atoms with Crippen LogP contribution in [-0.4, -0.2) is 29.6 Å². The minimum Gasteiger partial charge on any atom is -0.399 e. The van der Waals surface area contributed by atoms with Gasteiger partial charge >= 0.3 is 0 Å². The molecule has 2 aliphatic rings. The van der Waals surface area contributed by atoms with E-state index in [1.807, 2.05) is 49.4 Å². The summed E-state index contributed by atoms with van der Waals surface area (Å²) in [4.78, 5) is 26.8. The van der Waals surface area contributed by atoms with E-state index in [0.29, 0.717) is 11.3 Å². The summed E-state index contributed by atoms with van der Waals surface area (Å²) < 4.78 is 0. The molecule has 2 atom stereocenters. The van der Waals surface area contributed by atoms with E-state index in [2.05, 4.69) is 5.32 Å². The number of nitrogens with zero attached hydrogens (tertiary/aromatic N) is 1. The summed E-state index contributed by atoms with van der Waals surface area (Å²) in [5, 5.41) is 11.4. The van der Waals surface area contributed by atoms with Gasteiger partial charge in [-0.3, -0.25) is 19.9 Å². The zero-order valence-electron chi connectivity index (χ0n) is 16.0. The zero-order chi connectivity index (χ0) is 20.1. The van der Waals surface area contributed by atoms with Crippen molar-refractivity contribution in [2.75, 3.05) is 12.8 Å². The summed E-state index contributed by atoms with van der Waals surface area (Å²) in [5.74, 6) is -0.342. The highest BCUT2D eigenvalue weighted by Crippen LogP contribution is 2.41. The number of ketones is 1. The van der Waals surface area contributed by atoms with Crippen LogP contribution in [0.3, 0.4) is 0 Å². The average Bonchev–Trinajstić information content (AvgIpc) is 3.51. The molecule has 1 amide bonds. The predicted octanol–water partition coefficient (Wildman–Crippen LogP) is 2.86. The second kappa shape index (κ2) is 6.48. The maximum atomic E-state index is 13.2. The Morgan fingerprint density at radius 2 is 1.89 bits per heavy atom. The van der Waals surface area contributed by atoms with Gasteiger partial charge < -0.3 is 11.1 Å². The van der Waals surface area contributed by atoms with Gasteiger partial charge in [0.2, 0.25) is 5.91 Å². The van der Waals surface area contributed by atoms with E-state index in [9.17, 15) is 9.59 Å². The Morgan fingerprint density at radius 1 is 1.21 bits per heavy atom. The largest absolute Gasteiger partial charge is 0.399 e. The molecule has 2 aromatic carbocycles. The number of benzene rings is 2. The van der Waals surface area contributed by atoms with Crippen molar-refractivity contribution >= 4 is 23.3 Å². The molecule has 0 unspecified atom stereocenters. The highest BCUT2D eigenvalue weighted by molar-refractivity contribution is 6.03. The minimum atomic E-state index is -0.835. The third-order valence-corrected chi connectivity index (χ3v) is 5.83. The first-order valence-corrected chi connectivity index (χ1v) is 9.46. The van der Waals surface area contributed by atoms with Crippen LogP contribution >= 0.6 is 0 Å².